The second kappa shape index (κ2) is 6.77. The highest BCUT2D eigenvalue weighted by molar-refractivity contribution is 6.43. The van der Waals surface area contributed by atoms with Crippen LogP contribution in [-0.4, -0.2) is 24.7 Å². The van der Waals surface area contributed by atoms with E-state index in [0.29, 0.717) is 33.2 Å². The lowest BCUT2D eigenvalue weighted by Gasteiger charge is -2.12. The molecule has 0 aliphatic carbocycles. The zero-order valence-electron chi connectivity index (χ0n) is 14.5. The zero-order valence-corrected chi connectivity index (χ0v) is 15.3. The molecule has 0 spiro atoms. The molecule has 6 heteroatoms. The van der Waals surface area contributed by atoms with Crippen LogP contribution in [0.2, 0.25) is 5.02 Å². The Hall–Kier alpha value is -2.92. The number of amides is 2. The van der Waals surface area contributed by atoms with E-state index in [-0.39, 0.29) is 11.4 Å². The van der Waals surface area contributed by atoms with Gasteiger partial charge in [0.1, 0.15) is 5.76 Å². The summed E-state index contributed by atoms with van der Waals surface area (Å²) < 4.78 is 5.51. The van der Waals surface area contributed by atoms with Gasteiger partial charge >= 0.3 is 0 Å². The summed E-state index contributed by atoms with van der Waals surface area (Å²) >= 11 is 5.94. The fourth-order valence-electron chi connectivity index (χ4n) is 2.98. The number of anilines is 1. The molecule has 2 amide bonds. The molecule has 0 saturated carbocycles. The molecular weight excluding hydrogens is 354 g/mol. The van der Waals surface area contributed by atoms with Crippen molar-refractivity contribution >= 4 is 46.2 Å². The Morgan fingerprint density at radius 3 is 2.15 bits per heavy atom. The first kappa shape index (κ1) is 17.9. The molecule has 2 aromatic rings. The van der Waals surface area contributed by atoms with Gasteiger partial charge in [0.25, 0.3) is 5.91 Å². The summed E-state index contributed by atoms with van der Waals surface area (Å²) in [6.45, 7) is 2.76. The van der Waals surface area contributed by atoms with Crippen LogP contribution in [0.4, 0.5) is 5.69 Å². The van der Waals surface area contributed by atoms with Gasteiger partial charge in [0.2, 0.25) is 5.91 Å². The fraction of sp³-hybridized carbons (Fsp3) is 0.150. The first-order chi connectivity index (χ1) is 12.3. The number of carbonyl (C=O) groups excluding carboxylic acids is 3. The number of ether oxygens (including phenoxy) is 1. The van der Waals surface area contributed by atoms with Crippen molar-refractivity contribution in [3.63, 3.8) is 0 Å². The molecule has 3 rings (SSSR count). The highest BCUT2D eigenvalue weighted by Gasteiger charge is 2.38. The van der Waals surface area contributed by atoms with E-state index in [2.05, 4.69) is 0 Å². The van der Waals surface area contributed by atoms with E-state index in [1.165, 1.54) is 21.0 Å². The maximum Gasteiger partial charge on any atom is 0.269 e. The van der Waals surface area contributed by atoms with Crippen LogP contribution in [0.15, 0.2) is 42.5 Å². The number of Topliss-reactive ketones (excluding diaryl/α,β-unsaturated/α-hetero) is 1. The average molecular weight is 370 g/mol. The minimum Gasteiger partial charge on any atom is -0.495 e. The molecule has 0 fully saturated rings. The van der Waals surface area contributed by atoms with Crippen molar-refractivity contribution in [2.45, 2.75) is 13.8 Å². The van der Waals surface area contributed by atoms with Gasteiger partial charge in [-0.3, -0.25) is 14.4 Å². The highest BCUT2D eigenvalue weighted by Crippen LogP contribution is 2.41. The van der Waals surface area contributed by atoms with Crippen molar-refractivity contribution < 1.29 is 19.1 Å². The summed E-state index contributed by atoms with van der Waals surface area (Å²) in [6.07, 6.45) is 0. The van der Waals surface area contributed by atoms with E-state index in [1.54, 1.807) is 42.5 Å². The van der Waals surface area contributed by atoms with E-state index in [9.17, 15) is 14.4 Å². The normalized spacial score (nSPS) is 14.9. The quantitative estimate of drug-likeness (QED) is 0.467. The van der Waals surface area contributed by atoms with Crippen molar-refractivity contribution in [1.29, 1.82) is 0 Å². The summed E-state index contributed by atoms with van der Waals surface area (Å²) in [5.74, 6) is -0.711. The minimum absolute atomic E-state index is 0.133. The standard InChI is InChI=1S/C20H16ClNO4/c1-11(23)14-6-9-17-16(10-14)18(20(25)22(17)12(2)24)19(26-3)13-4-7-15(21)8-5-13/h4-10H,1-3H3/b19-18-. The monoisotopic (exact) mass is 369 g/mol. The summed E-state index contributed by atoms with van der Waals surface area (Å²) in [5.41, 5.74) is 2.26. The van der Waals surface area contributed by atoms with Crippen LogP contribution in [0.1, 0.15) is 35.3 Å². The summed E-state index contributed by atoms with van der Waals surface area (Å²) in [6, 6.07) is 11.6. The largest absolute Gasteiger partial charge is 0.495 e. The van der Waals surface area contributed by atoms with Gasteiger partial charge in [-0.2, -0.15) is 0 Å². The predicted octanol–water partition coefficient (Wildman–Crippen LogP) is 3.95. The molecule has 0 atom stereocenters. The molecule has 1 aliphatic heterocycles. The van der Waals surface area contributed by atoms with Gasteiger partial charge < -0.3 is 4.74 Å². The van der Waals surface area contributed by atoms with Gasteiger partial charge in [0.05, 0.1) is 18.4 Å². The van der Waals surface area contributed by atoms with Crippen molar-refractivity contribution in [2.75, 3.05) is 12.0 Å². The van der Waals surface area contributed by atoms with Gasteiger partial charge in [-0.1, -0.05) is 11.6 Å². The van der Waals surface area contributed by atoms with Gasteiger partial charge in [0, 0.05) is 28.6 Å². The fourth-order valence-corrected chi connectivity index (χ4v) is 3.11. The number of rotatable bonds is 3. The molecule has 0 unspecified atom stereocenters. The molecule has 0 radical (unpaired) electrons. The smallest absolute Gasteiger partial charge is 0.269 e. The molecule has 26 heavy (non-hydrogen) atoms. The summed E-state index contributed by atoms with van der Waals surface area (Å²) in [4.78, 5) is 37.9. The Bertz CT molecular complexity index is 960. The van der Waals surface area contributed by atoms with Crippen LogP contribution in [0, 0.1) is 0 Å². The lowest BCUT2D eigenvalue weighted by atomic mass is 9.99. The Balaban J connectivity index is 2.31. The molecule has 5 nitrogen and oxygen atoms in total. The van der Waals surface area contributed by atoms with Crippen LogP contribution in [0.3, 0.4) is 0 Å². The minimum atomic E-state index is -0.486. The van der Waals surface area contributed by atoms with Gasteiger partial charge in [0.15, 0.2) is 5.78 Å². The lowest BCUT2D eigenvalue weighted by molar-refractivity contribution is -0.122. The first-order valence-electron chi connectivity index (χ1n) is 7.89. The number of ketones is 1. The Labute approximate surface area is 155 Å². The Morgan fingerprint density at radius 1 is 1.00 bits per heavy atom. The Morgan fingerprint density at radius 2 is 1.62 bits per heavy atom. The average Bonchev–Trinajstić information content (AvgIpc) is 2.89. The number of fused-ring (bicyclic) bond motifs is 1. The van der Waals surface area contributed by atoms with E-state index in [4.69, 9.17) is 16.3 Å². The van der Waals surface area contributed by atoms with E-state index < -0.39 is 11.8 Å². The molecule has 132 valence electrons. The van der Waals surface area contributed by atoms with Crippen molar-refractivity contribution in [3.8, 4) is 0 Å². The number of hydrogen-bond donors (Lipinski definition) is 0. The molecule has 0 bridgehead atoms. The predicted molar refractivity (Wildman–Crippen MR) is 99.9 cm³/mol. The van der Waals surface area contributed by atoms with Crippen molar-refractivity contribution in [1.82, 2.24) is 0 Å². The number of carbonyl (C=O) groups is 3. The van der Waals surface area contributed by atoms with Gasteiger partial charge in [-0.05, 0) is 49.4 Å². The van der Waals surface area contributed by atoms with E-state index in [1.807, 2.05) is 0 Å². The molecule has 1 aliphatic rings. The Kier molecular flexibility index (Phi) is 4.66. The topological polar surface area (TPSA) is 63.7 Å². The van der Waals surface area contributed by atoms with Crippen LogP contribution < -0.4 is 4.90 Å². The molecule has 2 aromatic carbocycles. The number of methoxy groups -OCH3 is 1. The third kappa shape index (κ3) is 2.91. The second-order valence-corrected chi connectivity index (χ2v) is 6.30. The van der Waals surface area contributed by atoms with Crippen LogP contribution >= 0.6 is 11.6 Å². The number of hydrogen-bond acceptors (Lipinski definition) is 4. The summed E-state index contributed by atoms with van der Waals surface area (Å²) in [5, 5.41) is 0.552. The lowest BCUT2D eigenvalue weighted by Crippen LogP contribution is -2.31. The van der Waals surface area contributed by atoms with Crippen LogP contribution in [-0.2, 0) is 14.3 Å². The number of halogens is 1. The maximum atomic E-state index is 13.0. The van der Waals surface area contributed by atoms with Gasteiger partial charge in [-0.15, -0.1) is 0 Å². The molecule has 0 N–H and O–H groups in total. The third-order valence-electron chi connectivity index (χ3n) is 4.18. The van der Waals surface area contributed by atoms with Crippen LogP contribution in [0.5, 0.6) is 0 Å². The van der Waals surface area contributed by atoms with Crippen LogP contribution in [0.25, 0.3) is 11.3 Å². The molecule has 0 saturated heterocycles. The highest BCUT2D eigenvalue weighted by atomic mass is 35.5. The maximum absolute atomic E-state index is 13.0. The van der Waals surface area contributed by atoms with E-state index >= 15 is 0 Å². The molecule has 0 aromatic heterocycles. The van der Waals surface area contributed by atoms with E-state index in [0.717, 1.165) is 4.90 Å². The number of nitrogens with zero attached hydrogens (tertiary/aromatic N) is 1. The SMILES string of the molecule is CO/C(=C1\C(=O)N(C(C)=O)c2ccc(C(C)=O)cc21)c1ccc(Cl)cc1. The first-order valence-corrected chi connectivity index (χ1v) is 8.27. The summed E-state index contributed by atoms with van der Waals surface area (Å²) in [7, 11) is 1.45. The third-order valence-corrected chi connectivity index (χ3v) is 4.43. The molecular formula is C20H16ClNO4. The number of imide groups is 1. The number of benzene rings is 2. The zero-order chi connectivity index (χ0) is 19.0. The second-order valence-electron chi connectivity index (χ2n) is 5.86. The molecule has 1 heterocycles. The van der Waals surface area contributed by atoms with Crippen molar-refractivity contribution in [2.24, 2.45) is 0 Å². The van der Waals surface area contributed by atoms with Crippen molar-refractivity contribution in [3.05, 3.63) is 64.2 Å². The van der Waals surface area contributed by atoms with Gasteiger partial charge in [-0.25, -0.2) is 4.90 Å².